The molecule has 2 aliphatic rings. The monoisotopic (exact) mass is 416 g/mol. The molecule has 1 aromatic rings. The third-order valence-electron chi connectivity index (χ3n) is 5.96. The van der Waals surface area contributed by atoms with Gasteiger partial charge in [0, 0.05) is 37.3 Å². The summed E-state index contributed by atoms with van der Waals surface area (Å²) in [6, 6.07) is 8.01. The molecule has 2 heterocycles. The van der Waals surface area contributed by atoms with Crippen molar-refractivity contribution in [2.75, 3.05) is 46.6 Å². The molecular formula is C20H30Cl2N2O3. The number of carbonyl (C=O) groups is 1. The first-order valence-corrected chi connectivity index (χ1v) is 9.80. The average molecular weight is 417 g/mol. The second kappa shape index (κ2) is 10.1. The van der Waals surface area contributed by atoms with Crippen molar-refractivity contribution >= 4 is 29.9 Å². The molecule has 1 aromatic carbocycles. The largest absolute Gasteiger partial charge is 0.384 e. The predicted molar refractivity (Wildman–Crippen MR) is 110 cm³/mol. The van der Waals surface area contributed by atoms with Crippen molar-refractivity contribution < 1.29 is 14.3 Å². The molecule has 0 bridgehead atoms. The molecular weight excluding hydrogens is 387 g/mol. The minimum atomic E-state index is -0.424. The molecule has 3 rings (SSSR count). The van der Waals surface area contributed by atoms with Gasteiger partial charge in [-0.15, -0.1) is 12.4 Å². The van der Waals surface area contributed by atoms with E-state index in [1.165, 1.54) is 5.56 Å². The number of hydrogen-bond acceptors (Lipinski definition) is 4. The van der Waals surface area contributed by atoms with Crippen molar-refractivity contribution in [3.8, 4) is 0 Å². The van der Waals surface area contributed by atoms with Crippen molar-refractivity contribution in [3.05, 3.63) is 34.9 Å². The third-order valence-corrected chi connectivity index (χ3v) is 6.21. The van der Waals surface area contributed by atoms with Crippen molar-refractivity contribution in [2.45, 2.75) is 31.1 Å². The summed E-state index contributed by atoms with van der Waals surface area (Å²) in [6.45, 7) is 4.23. The van der Waals surface area contributed by atoms with Crippen LogP contribution in [0.2, 0.25) is 5.02 Å². The second-order valence-corrected chi connectivity index (χ2v) is 7.98. The molecule has 0 aliphatic carbocycles. The number of piperidine rings is 1. The summed E-state index contributed by atoms with van der Waals surface area (Å²) in [6.07, 6.45) is 3.41. The van der Waals surface area contributed by atoms with E-state index in [1.54, 1.807) is 7.11 Å². The van der Waals surface area contributed by atoms with Gasteiger partial charge in [0.25, 0.3) is 0 Å². The highest BCUT2D eigenvalue weighted by Crippen LogP contribution is 2.36. The van der Waals surface area contributed by atoms with E-state index in [4.69, 9.17) is 21.1 Å². The van der Waals surface area contributed by atoms with Crippen LogP contribution in [0.15, 0.2) is 24.3 Å². The molecule has 0 aromatic heterocycles. The van der Waals surface area contributed by atoms with Crippen molar-refractivity contribution in [2.24, 2.45) is 5.41 Å². The first-order valence-electron chi connectivity index (χ1n) is 9.42. The molecule has 152 valence electrons. The van der Waals surface area contributed by atoms with E-state index in [2.05, 4.69) is 22.8 Å². The molecule has 1 amide bonds. The van der Waals surface area contributed by atoms with Gasteiger partial charge in [-0.3, -0.25) is 4.79 Å². The predicted octanol–water partition coefficient (Wildman–Crippen LogP) is 2.94. The van der Waals surface area contributed by atoms with Gasteiger partial charge in [-0.25, -0.2) is 0 Å². The van der Waals surface area contributed by atoms with E-state index in [-0.39, 0.29) is 23.7 Å². The third kappa shape index (κ3) is 5.15. The van der Waals surface area contributed by atoms with Crippen LogP contribution in [0.3, 0.4) is 0 Å². The van der Waals surface area contributed by atoms with Crippen LogP contribution in [-0.4, -0.2) is 52.5 Å². The van der Waals surface area contributed by atoms with E-state index in [1.807, 2.05) is 12.1 Å². The van der Waals surface area contributed by atoms with Gasteiger partial charge in [-0.2, -0.15) is 0 Å². The van der Waals surface area contributed by atoms with Gasteiger partial charge in [-0.1, -0.05) is 23.7 Å². The maximum absolute atomic E-state index is 13.1. The van der Waals surface area contributed by atoms with E-state index >= 15 is 0 Å². The number of nitrogens with one attached hydrogen (secondary N) is 2. The van der Waals surface area contributed by atoms with E-state index in [0.717, 1.165) is 43.8 Å². The normalized spacial score (nSPS) is 21.1. The lowest BCUT2D eigenvalue weighted by Crippen LogP contribution is -2.53. The first kappa shape index (κ1) is 22.4. The van der Waals surface area contributed by atoms with Crippen LogP contribution in [0.5, 0.6) is 0 Å². The number of rotatable bonds is 6. The van der Waals surface area contributed by atoms with Gasteiger partial charge < -0.3 is 20.1 Å². The first-order chi connectivity index (χ1) is 12.6. The van der Waals surface area contributed by atoms with Crippen LogP contribution >= 0.6 is 24.0 Å². The standard InChI is InChI=1S/C20H29ClN2O3.ClH/c1-25-15-20(6-10-22-11-7-20)18(24)23-14-19(8-12-26-13-9-19)16-2-4-17(21)5-3-16;/h2-5,22H,6-15H2,1H3,(H,23,24);1H. The Bertz CT molecular complexity index is 592. The molecule has 2 saturated heterocycles. The Morgan fingerprint density at radius 3 is 2.41 bits per heavy atom. The minimum absolute atomic E-state index is 0. The Morgan fingerprint density at radius 2 is 1.81 bits per heavy atom. The molecule has 27 heavy (non-hydrogen) atoms. The number of amides is 1. The van der Waals surface area contributed by atoms with Crippen LogP contribution in [0, 0.1) is 5.41 Å². The van der Waals surface area contributed by atoms with Crippen LogP contribution in [0.4, 0.5) is 0 Å². The number of methoxy groups -OCH3 is 1. The maximum atomic E-state index is 13.1. The highest BCUT2D eigenvalue weighted by Gasteiger charge is 2.41. The van der Waals surface area contributed by atoms with Gasteiger partial charge in [0.15, 0.2) is 0 Å². The average Bonchev–Trinajstić information content (AvgIpc) is 2.68. The minimum Gasteiger partial charge on any atom is -0.384 e. The highest BCUT2D eigenvalue weighted by atomic mass is 35.5. The van der Waals surface area contributed by atoms with E-state index in [9.17, 15) is 4.79 Å². The number of benzene rings is 1. The van der Waals surface area contributed by atoms with Crippen molar-refractivity contribution in [1.82, 2.24) is 10.6 Å². The molecule has 0 unspecified atom stereocenters. The molecule has 2 fully saturated rings. The smallest absolute Gasteiger partial charge is 0.228 e. The SMILES string of the molecule is COCC1(C(=O)NCC2(c3ccc(Cl)cc3)CCOCC2)CCNCC1.Cl. The summed E-state index contributed by atoms with van der Waals surface area (Å²) in [5.41, 5.74) is 0.697. The molecule has 0 spiro atoms. The second-order valence-electron chi connectivity index (χ2n) is 7.55. The number of halogens is 2. The number of carbonyl (C=O) groups excluding carboxylic acids is 1. The fourth-order valence-corrected chi connectivity index (χ4v) is 4.31. The zero-order valence-corrected chi connectivity index (χ0v) is 17.5. The quantitative estimate of drug-likeness (QED) is 0.748. The maximum Gasteiger partial charge on any atom is 0.228 e. The van der Waals surface area contributed by atoms with Gasteiger partial charge in [0.05, 0.1) is 12.0 Å². The lowest BCUT2D eigenvalue weighted by Gasteiger charge is -2.40. The Labute approximate surface area is 172 Å². The molecule has 0 radical (unpaired) electrons. The molecule has 2 aliphatic heterocycles. The molecule has 0 saturated carbocycles. The summed E-state index contributed by atoms with van der Waals surface area (Å²) in [5, 5.41) is 7.33. The van der Waals surface area contributed by atoms with Crippen molar-refractivity contribution in [1.29, 1.82) is 0 Å². The van der Waals surface area contributed by atoms with E-state index in [0.29, 0.717) is 26.4 Å². The Kier molecular flexibility index (Phi) is 8.38. The number of hydrogen-bond donors (Lipinski definition) is 2. The van der Waals surface area contributed by atoms with E-state index < -0.39 is 5.41 Å². The van der Waals surface area contributed by atoms with Gasteiger partial charge >= 0.3 is 0 Å². The summed E-state index contributed by atoms with van der Waals surface area (Å²) in [7, 11) is 1.67. The fraction of sp³-hybridized carbons (Fsp3) is 0.650. The summed E-state index contributed by atoms with van der Waals surface area (Å²) in [4.78, 5) is 13.1. The topological polar surface area (TPSA) is 59.6 Å². The zero-order chi connectivity index (χ0) is 18.5. The number of ether oxygens (including phenoxy) is 2. The molecule has 0 atom stereocenters. The Hall–Kier alpha value is -0.850. The summed E-state index contributed by atoms with van der Waals surface area (Å²) in [5.74, 6) is 0.112. The summed E-state index contributed by atoms with van der Waals surface area (Å²) < 4.78 is 11.0. The van der Waals surface area contributed by atoms with Crippen LogP contribution < -0.4 is 10.6 Å². The van der Waals surface area contributed by atoms with Gasteiger partial charge in [-0.05, 0) is 56.5 Å². The molecule has 5 nitrogen and oxygen atoms in total. The van der Waals surface area contributed by atoms with Crippen molar-refractivity contribution in [3.63, 3.8) is 0 Å². The zero-order valence-electron chi connectivity index (χ0n) is 15.9. The highest BCUT2D eigenvalue weighted by molar-refractivity contribution is 6.30. The Balaban J connectivity index is 0.00000261. The van der Waals surface area contributed by atoms with Crippen LogP contribution in [0.1, 0.15) is 31.2 Å². The van der Waals surface area contributed by atoms with Gasteiger partial charge in [0.2, 0.25) is 5.91 Å². The summed E-state index contributed by atoms with van der Waals surface area (Å²) >= 11 is 6.06. The lowest BCUT2D eigenvalue weighted by molar-refractivity contribution is -0.136. The molecule has 2 N–H and O–H groups in total. The van der Waals surface area contributed by atoms with Crippen LogP contribution in [0.25, 0.3) is 0 Å². The fourth-order valence-electron chi connectivity index (χ4n) is 4.19. The van der Waals surface area contributed by atoms with Gasteiger partial charge in [0.1, 0.15) is 0 Å². The van der Waals surface area contributed by atoms with Crippen LogP contribution in [-0.2, 0) is 19.7 Å². The Morgan fingerprint density at radius 1 is 1.19 bits per heavy atom. The molecule has 7 heteroatoms. The lowest BCUT2D eigenvalue weighted by atomic mass is 9.73.